The lowest BCUT2D eigenvalue weighted by atomic mass is 10.2. The number of carbonyl (C=O) groups excluding carboxylic acids is 1. The average Bonchev–Trinajstić information content (AvgIpc) is 2.34. The molecule has 17 heavy (non-hydrogen) atoms. The number of benzene rings is 1. The summed E-state index contributed by atoms with van der Waals surface area (Å²) in [4.78, 5) is 13.3. The van der Waals surface area contributed by atoms with Crippen LogP contribution in [0.5, 0.6) is 0 Å². The molecule has 0 aliphatic rings. The molecule has 0 heterocycles. The first kappa shape index (κ1) is 13.4. The van der Waals surface area contributed by atoms with E-state index in [9.17, 15) is 9.18 Å². The molecule has 0 spiro atoms. The van der Waals surface area contributed by atoms with Gasteiger partial charge >= 0.3 is 0 Å². The van der Waals surface area contributed by atoms with Gasteiger partial charge in [0.2, 0.25) is 5.91 Å². The van der Waals surface area contributed by atoms with Gasteiger partial charge in [-0.15, -0.1) is 0 Å². The molecule has 3 heteroatoms. The van der Waals surface area contributed by atoms with Crippen LogP contribution in [0.15, 0.2) is 30.3 Å². The van der Waals surface area contributed by atoms with Crippen LogP contribution in [0.1, 0.15) is 25.3 Å². The Balaban J connectivity index is 2.52. The smallest absolute Gasteiger partial charge is 0.246 e. The van der Waals surface area contributed by atoms with Gasteiger partial charge in [0.25, 0.3) is 0 Å². The number of likely N-dealkylation sites (N-methyl/N-ethyl adjacent to an activating group) is 1. The molecule has 0 atom stereocenters. The first-order valence-corrected chi connectivity index (χ1v) is 5.82. The number of unbranched alkanes of at least 4 members (excludes halogenated alkanes) is 1. The fraction of sp³-hybridized carbons (Fsp3) is 0.357. The summed E-state index contributed by atoms with van der Waals surface area (Å²) in [6.45, 7) is 2.86. The number of hydrogen-bond donors (Lipinski definition) is 0. The van der Waals surface area contributed by atoms with E-state index in [2.05, 4.69) is 6.92 Å². The Morgan fingerprint density at radius 2 is 2.00 bits per heavy atom. The Labute approximate surface area is 102 Å². The Morgan fingerprint density at radius 3 is 2.59 bits per heavy atom. The van der Waals surface area contributed by atoms with Crippen molar-refractivity contribution in [1.82, 2.24) is 4.90 Å². The van der Waals surface area contributed by atoms with Crippen LogP contribution in [-0.4, -0.2) is 24.4 Å². The topological polar surface area (TPSA) is 20.3 Å². The normalized spacial score (nSPS) is 10.8. The third-order valence-corrected chi connectivity index (χ3v) is 2.51. The van der Waals surface area contributed by atoms with E-state index < -0.39 is 0 Å². The largest absolute Gasteiger partial charge is 0.342 e. The monoisotopic (exact) mass is 235 g/mol. The van der Waals surface area contributed by atoms with Gasteiger partial charge in [0, 0.05) is 19.7 Å². The van der Waals surface area contributed by atoms with Crippen LogP contribution in [0.25, 0.3) is 6.08 Å². The third kappa shape index (κ3) is 4.81. The van der Waals surface area contributed by atoms with Crippen LogP contribution in [0.4, 0.5) is 4.39 Å². The zero-order valence-corrected chi connectivity index (χ0v) is 10.3. The molecule has 0 bridgehead atoms. The molecule has 2 nitrogen and oxygen atoms in total. The van der Waals surface area contributed by atoms with E-state index in [0.29, 0.717) is 0 Å². The van der Waals surface area contributed by atoms with E-state index in [1.54, 1.807) is 30.2 Å². The lowest BCUT2D eigenvalue weighted by molar-refractivity contribution is -0.124. The zero-order valence-electron chi connectivity index (χ0n) is 10.3. The summed E-state index contributed by atoms with van der Waals surface area (Å²) in [5, 5.41) is 0. The van der Waals surface area contributed by atoms with Crippen molar-refractivity contribution >= 4 is 12.0 Å². The summed E-state index contributed by atoms with van der Waals surface area (Å²) in [6, 6.07) is 6.05. The maximum Gasteiger partial charge on any atom is 0.246 e. The SMILES string of the molecule is CCCCN(C)C(=O)/C=C/c1ccc(F)cc1. The van der Waals surface area contributed by atoms with Gasteiger partial charge in [-0.3, -0.25) is 4.79 Å². The fourth-order valence-electron chi connectivity index (χ4n) is 1.37. The van der Waals surface area contributed by atoms with Gasteiger partial charge in [0.15, 0.2) is 0 Å². The molecule has 0 saturated heterocycles. The summed E-state index contributed by atoms with van der Waals surface area (Å²) < 4.78 is 12.7. The maximum absolute atomic E-state index is 12.7. The van der Waals surface area contributed by atoms with Crippen LogP contribution in [0.2, 0.25) is 0 Å². The second-order valence-electron chi connectivity index (χ2n) is 4.00. The zero-order chi connectivity index (χ0) is 12.7. The first-order chi connectivity index (χ1) is 8.13. The quantitative estimate of drug-likeness (QED) is 0.718. The van der Waals surface area contributed by atoms with Crippen LogP contribution < -0.4 is 0 Å². The van der Waals surface area contributed by atoms with Crippen LogP contribution in [0.3, 0.4) is 0 Å². The predicted octanol–water partition coefficient (Wildman–Crippen LogP) is 3.10. The van der Waals surface area contributed by atoms with E-state index in [0.717, 1.165) is 24.9 Å². The van der Waals surface area contributed by atoms with Crippen molar-refractivity contribution in [3.63, 3.8) is 0 Å². The molecule has 0 aliphatic carbocycles. The molecule has 0 aliphatic heterocycles. The van der Waals surface area contributed by atoms with E-state index in [1.807, 2.05) is 0 Å². The Hall–Kier alpha value is -1.64. The van der Waals surface area contributed by atoms with Gasteiger partial charge in [-0.1, -0.05) is 25.5 Å². The highest BCUT2D eigenvalue weighted by atomic mass is 19.1. The molecular weight excluding hydrogens is 217 g/mol. The van der Waals surface area contributed by atoms with Gasteiger partial charge in [-0.25, -0.2) is 4.39 Å². The second kappa shape index (κ2) is 6.84. The fourth-order valence-corrected chi connectivity index (χ4v) is 1.37. The van der Waals surface area contributed by atoms with Crippen molar-refractivity contribution in [2.45, 2.75) is 19.8 Å². The summed E-state index contributed by atoms with van der Waals surface area (Å²) in [6.07, 6.45) is 5.29. The van der Waals surface area contributed by atoms with Gasteiger partial charge in [0.1, 0.15) is 5.82 Å². The lowest BCUT2D eigenvalue weighted by Gasteiger charge is -2.13. The minimum Gasteiger partial charge on any atom is -0.342 e. The summed E-state index contributed by atoms with van der Waals surface area (Å²) in [5.74, 6) is -0.295. The highest BCUT2D eigenvalue weighted by Crippen LogP contribution is 2.05. The third-order valence-electron chi connectivity index (χ3n) is 2.51. The van der Waals surface area contributed by atoms with Crippen LogP contribution in [0, 0.1) is 5.82 Å². The summed E-state index contributed by atoms with van der Waals surface area (Å²) in [5.41, 5.74) is 0.823. The van der Waals surface area contributed by atoms with Crippen LogP contribution >= 0.6 is 0 Å². The minimum absolute atomic E-state index is 0.0252. The standard InChI is InChI=1S/C14H18FNO/c1-3-4-11-16(2)14(17)10-7-12-5-8-13(15)9-6-12/h5-10H,3-4,11H2,1-2H3/b10-7+. The Bertz CT molecular complexity index is 384. The molecule has 1 rings (SSSR count). The number of carbonyl (C=O) groups is 1. The molecule has 0 radical (unpaired) electrons. The van der Waals surface area contributed by atoms with E-state index in [-0.39, 0.29) is 11.7 Å². The highest BCUT2D eigenvalue weighted by Gasteiger charge is 2.02. The van der Waals surface area contributed by atoms with Crippen LogP contribution in [-0.2, 0) is 4.79 Å². The molecule has 0 N–H and O–H groups in total. The number of rotatable bonds is 5. The van der Waals surface area contributed by atoms with Crippen molar-refractivity contribution < 1.29 is 9.18 Å². The summed E-state index contributed by atoms with van der Waals surface area (Å²) in [7, 11) is 1.78. The predicted molar refractivity (Wildman–Crippen MR) is 68.0 cm³/mol. The molecule has 0 unspecified atom stereocenters. The second-order valence-corrected chi connectivity index (χ2v) is 4.00. The van der Waals surface area contributed by atoms with E-state index in [1.165, 1.54) is 18.2 Å². The molecule has 1 amide bonds. The van der Waals surface area contributed by atoms with E-state index >= 15 is 0 Å². The number of hydrogen-bond acceptors (Lipinski definition) is 1. The summed E-state index contributed by atoms with van der Waals surface area (Å²) >= 11 is 0. The van der Waals surface area contributed by atoms with Gasteiger partial charge in [0.05, 0.1) is 0 Å². The molecule has 92 valence electrons. The van der Waals surface area contributed by atoms with E-state index in [4.69, 9.17) is 0 Å². The molecule has 0 aromatic heterocycles. The molecule has 0 fully saturated rings. The Morgan fingerprint density at radius 1 is 1.35 bits per heavy atom. The van der Waals surface area contributed by atoms with Gasteiger partial charge < -0.3 is 4.90 Å². The molecule has 1 aromatic rings. The van der Waals surface area contributed by atoms with Gasteiger partial charge in [-0.05, 0) is 30.2 Å². The molecular formula is C14H18FNO. The van der Waals surface area contributed by atoms with Crippen molar-refractivity contribution in [3.8, 4) is 0 Å². The highest BCUT2D eigenvalue weighted by molar-refractivity contribution is 5.91. The number of amides is 1. The minimum atomic E-state index is -0.270. The number of halogens is 1. The van der Waals surface area contributed by atoms with Crippen molar-refractivity contribution in [2.75, 3.05) is 13.6 Å². The van der Waals surface area contributed by atoms with Gasteiger partial charge in [-0.2, -0.15) is 0 Å². The molecule has 1 aromatic carbocycles. The van der Waals surface area contributed by atoms with Crippen molar-refractivity contribution in [2.24, 2.45) is 0 Å². The Kier molecular flexibility index (Phi) is 5.40. The average molecular weight is 235 g/mol. The number of nitrogens with zero attached hydrogens (tertiary/aromatic N) is 1. The molecule has 0 saturated carbocycles. The lowest BCUT2D eigenvalue weighted by Crippen LogP contribution is -2.25. The van der Waals surface area contributed by atoms with Crippen molar-refractivity contribution in [3.05, 3.63) is 41.7 Å². The maximum atomic E-state index is 12.7. The first-order valence-electron chi connectivity index (χ1n) is 5.82. The van der Waals surface area contributed by atoms with Crippen molar-refractivity contribution in [1.29, 1.82) is 0 Å².